The molecule has 2 rings (SSSR count). The van der Waals surface area contributed by atoms with Gasteiger partial charge in [-0.25, -0.2) is 0 Å². The summed E-state index contributed by atoms with van der Waals surface area (Å²) in [7, 11) is 0. The van der Waals surface area contributed by atoms with Crippen LogP contribution in [0.4, 0.5) is 0 Å². The van der Waals surface area contributed by atoms with Crippen LogP contribution < -0.4 is 9.47 Å². The zero-order valence-corrected chi connectivity index (χ0v) is 19.4. The Bertz CT molecular complexity index is 894. The second-order valence-electron chi connectivity index (χ2n) is 7.93. The van der Waals surface area contributed by atoms with Crippen LogP contribution in [-0.4, -0.2) is 19.5 Å². The van der Waals surface area contributed by atoms with Crippen LogP contribution in [0.2, 0.25) is 0 Å². The Morgan fingerprint density at radius 1 is 0.781 bits per heavy atom. The summed E-state index contributed by atoms with van der Waals surface area (Å²) in [5.41, 5.74) is 3.00. The van der Waals surface area contributed by atoms with Gasteiger partial charge in [-0.2, -0.15) is 5.26 Å². The molecule has 0 aliphatic heterocycles. The van der Waals surface area contributed by atoms with Crippen molar-refractivity contribution in [3.05, 3.63) is 58.7 Å². The molecule has 0 saturated carbocycles. The third kappa shape index (κ3) is 8.59. The quantitative estimate of drug-likeness (QED) is 0.166. The minimum absolute atomic E-state index is 0.513. The van der Waals surface area contributed by atoms with Gasteiger partial charge in [0.2, 0.25) is 0 Å². The van der Waals surface area contributed by atoms with Gasteiger partial charge >= 0.3 is 0 Å². The van der Waals surface area contributed by atoms with Crippen molar-refractivity contribution < 1.29 is 14.3 Å². The molecule has 0 aliphatic carbocycles. The van der Waals surface area contributed by atoms with E-state index in [4.69, 9.17) is 14.7 Å². The number of hydrogen-bond donors (Lipinski definition) is 0. The first-order chi connectivity index (χ1) is 15.7. The number of aldehydes is 1. The number of carbonyl (C=O) groups is 1. The topological polar surface area (TPSA) is 59.3 Å². The van der Waals surface area contributed by atoms with Crippen molar-refractivity contribution in [1.29, 1.82) is 5.26 Å². The monoisotopic (exact) mass is 433 g/mol. The summed E-state index contributed by atoms with van der Waals surface area (Å²) in [6, 6.07) is 13.2. The van der Waals surface area contributed by atoms with Crippen LogP contribution in [0.25, 0.3) is 12.2 Å². The van der Waals surface area contributed by atoms with Gasteiger partial charge in [0.15, 0.2) is 6.29 Å². The lowest BCUT2D eigenvalue weighted by molar-refractivity contribution is 0.111. The Morgan fingerprint density at radius 3 is 1.88 bits per heavy atom. The summed E-state index contributed by atoms with van der Waals surface area (Å²) in [5.74, 6) is 1.28. The van der Waals surface area contributed by atoms with Crippen molar-refractivity contribution in [2.24, 2.45) is 0 Å². The second kappa shape index (κ2) is 14.9. The predicted molar refractivity (Wildman–Crippen MR) is 131 cm³/mol. The molecule has 0 heterocycles. The average molecular weight is 434 g/mol. The summed E-state index contributed by atoms with van der Waals surface area (Å²) in [4.78, 5) is 11.7. The normalized spacial score (nSPS) is 10.8. The number of benzene rings is 2. The van der Waals surface area contributed by atoms with E-state index in [0.29, 0.717) is 35.8 Å². The fraction of sp³-hybridized carbons (Fsp3) is 0.429. The minimum Gasteiger partial charge on any atom is -0.493 e. The molecule has 0 aliphatic rings. The van der Waals surface area contributed by atoms with Crippen molar-refractivity contribution in [3.8, 4) is 17.6 Å². The Hall–Kier alpha value is -3.06. The summed E-state index contributed by atoms with van der Waals surface area (Å²) in [5, 5.41) is 8.98. The maximum Gasteiger partial charge on any atom is 0.153 e. The summed E-state index contributed by atoms with van der Waals surface area (Å²) >= 11 is 0. The number of nitrogens with zero attached hydrogens (tertiary/aromatic N) is 1. The van der Waals surface area contributed by atoms with Crippen LogP contribution in [0, 0.1) is 11.3 Å². The lowest BCUT2D eigenvalue weighted by atomic mass is 10.1. The molecule has 4 heteroatoms. The molecule has 0 atom stereocenters. The number of ether oxygens (including phenoxy) is 2. The molecular formula is C28H35NO3. The first kappa shape index (κ1) is 25.2. The molecule has 0 spiro atoms. The number of rotatable bonds is 15. The van der Waals surface area contributed by atoms with E-state index in [1.165, 1.54) is 25.7 Å². The minimum atomic E-state index is 0.513. The molecule has 0 amide bonds. The number of unbranched alkanes of at least 4 members (excludes halogenated alkanes) is 6. The summed E-state index contributed by atoms with van der Waals surface area (Å²) in [6.07, 6.45) is 13.7. The largest absolute Gasteiger partial charge is 0.493 e. The first-order valence-corrected chi connectivity index (χ1v) is 11.8. The second-order valence-corrected chi connectivity index (χ2v) is 7.93. The zero-order chi connectivity index (χ0) is 23.0. The molecule has 170 valence electrons. The van der Waals surface area contributed by atoms with Gasteiger partial charge in [0.25, 0.3) is 0 Å². The Morgan fingerprint density at radius 2 is 1.34 bits per heavy atom. The third-order valence-corrected chi connectivity index (χ3v) is 5.28. The molecule has 0 aromatic heterocycles. The molecule has 0 bridgehead atoms. The van der Waals surface area contributed by atoms with Gasteiger partial charge in [0.1, 0.15) is 11.5 Å². The molecule has 0 unspecified atom stereocenters. The number of carbonyl (C=O) groups excluding carboxylic acids is 1. The SMILES string of the molecule is CCCCCCOc1cc(/C=C/c2ccc(C#N)cc2)c(OCCCCCC)cc1C=O. The third-order valence-electron chi connectivity index (χ3n) is 5.28. The highest BCUT2D eigenvalue weighted by Crippen LogP contribution is 2.30. The van der Waals surface area contributed by atoms with Crippen molar-refractivity contribution in [1.82, 2.24) is 0 Å². The van der Waals surface area contributed by atoms with Gasteiger partial charge in [-0.15, -0.1) is 0 Å². The molecule has 2 aromatic carbocycles. The summed E-state index contributed by atoms with van der Waals surface area (Å²) < 4.78 is 12.0. The van der Waals surface area contributed by atoms with Gasteiger partial charge in [-0.05, 0) is 42.7 Å². The highest BCUT2D eigenvalue weighted by Gasteiger charge is 2.11. The van der Waals surface area contributed by atoms with E-state index < -0.39 is 0 Å². The van der Waals surface area contributed by atoms with Gasteiger partial charge in [-0.3, -0.25) is 4.79 Å². The number of nitriles is 1. The van der Waals surface area contributed by atoms with Crippen LogP contribution in [0.5, 0.6) is 11.5 Å². The Labute approximate surface area is 192 Å². The van der Waals surface area contributed by atoms with Gasteiger partial charge in [0.05, 0.1) is 30.4 Å². The van der Waals surface area contributed by atoms with Crippen LogP contribution >= 0.6 is 0 Å². The van der Waals surface area contributed by atoms with Gasteiger partial charge < -0.3 is 9.47 Å². The first-order valence-electron chi connectivity index (χ1n) is 11.8. The molecule has 4 nitrogen and oxygen atoms in total. The average Bonchev–Trinajstić information content (AvgIpc) is 2.83. The Kier molecular flexibility index (Phi) is 11.7. The Balaban J connectivity index is 2.21. The number of hydrogen-bond acceptors (Lipinski definition) is 4. The van der Waals surface area contributed by atoms with Gasteiger partial charge in [0, 0.05) is 5.56 Å². The maximum atomic E-state index is 11.7. The van der Waals surface area contributed by atoms with Crippen molar-refractivity contribution in [2.45, 2.75) is 65.2 Å². The fourth-order valence-corrected chi connectivity index (χ4v) is 3.34. The molecule has 0 fully saturated rings. The molecule has 2 aromatic rings. The van der Waals surface area contributed by atoms with E-state index in [1.54, 1.807) is 18.2 Å². The van der Waals surface area contributed by atoms with Crippen molar-refractivity contribution in [2.75, 3.05) is 13.2 Å². The van der Waals surface area contributed by atoms with Crippen LogP contribution in [0.15, 0.2) is 36.4 Å². The lowest BCUT2D eigenvalue weighted by Gasteiger charge is -2.14. The van der Waals surface area contributed by atoms with Gasteiger partial charge in [-0.1, -0.05) is 76.7 Å². The van der Waals surface area contributed by atoms with Crippen LogP contribution in [-0.2, 0) is 0 Å². The molecule has 0 radical (unpaired) electrons. The molecule has 32 heavy (non-hydrogen) atoms. The highest BCUT2D eigenvalue weighted by atomic mass is 16.5. The van der Waals surface area contributed by atoms with Crippen molar-refractivity contribution in [3.63, 3.8) is 0 Å². The van der Waals surface area contributed by atoms with E-state index in [0.717, 1.165) is 43.1 Å². The van der Waals surface area contributed by atoms with E-state index in [2.05, 4.69) is 19.9 Å². The van der Waals surface area contributed by atoms with E-state index >= 15 is 0 Å². The van der Waals surface area contributed by atoms with E-state index in [1.807, 2.05) is 30.4 Å². The van der Waals surface area contributed by atoms with Crippen LogP contribution in [0.3, 0.4) is 0 Å². The lowest BCUT2D eigenvalue weighted by Crippen LogP contribution is -2.03. The zero-order valence-electron chi connectivity index (χ0n) is 19.4. The predicted octanol–water partition coefficient (Wildman–Crippen LogP) is 7.46. The van der Waals surface area contributed by atoms with Crippen LogP contribution in [0.1, 0.15) is 92.3 Å². The standard InChI is InChI=1S/C28H35NO3/c1-3-5-7-9-17-31-27-20-26(22-30)28(32-18-10-8-6-4-2)19-25(27)16-15-23-11-13-24(21-29)14-12-23/h11-16,19-20,22H,3-10,17-18H2,1-2H3/b16-15+. The van der Waals surface area contributed by atoms with E-state index in [9.17, 15) is 4.79 Å². The smallest absolute Gasteiger partial charge is 0.153 e. The van der Waals surface area contributed by atoms with E-state index in [-0.39, 0.29) is 0 Å². The summed E-state index contributed by atoms with van der Waals surface area (Å²) in [6.45, 7) is 5.58. The highest BCUT2D eigenvalue weighted by molar-refractivity contribution is 5.83. The van der Waals surface area contributed by atoms with Crippen molar-refractivity contribution >= 4 is 18.4 Å². The molecule has 0 N–H and O–H groups in total. The molecule has 0 saturated heterocycles. The maximum absolute atomic E-state index is 11.7. The molecular weight excluding hydrogens is 398 g/mol. The fourth-order valence-electron chi connectivity index (χ4n) is 3.34.